The lowest BCUT2D eigenvalue weighted by Crippen LogP contribution is -2.56. The number of hydrogen-bond acceptors (Lipinski definition) is 5. The molecule has 0 aromatic rings. The first-order valence-electron chi connectivity index (χ1n) is 7.94. The first-order valence-corrected chi connectivity index (χ1v) is 7.94. The van der Waals surface area contributed by atoms with Crippen LogP contribution in [0.3, 0.4) is 0 Å². The highest BCUT2D eigenvalue weighted by atomic mass is 16.5. The third-order valence-corrected chi connectivity index (χ3v) is 3.90. The van der Waals surface area contributed by atoms with Gasteiger partial charge in [0.05, 0.1) is 12.2 Å². The Balaban J connectivity index is 4.77. The highest BCUT2D eigenvalue weighted by molar-refractivity contribution is 5.80. The van der Waals surface area contributed by atoms with Crippen LogP contribution in [0.2, 0.25) is 0 Å². The Hall–Kier alpha value is -0.650. The lowest BCUT2D eigenvalue weighted by atomic mass is 9.87. The zero-order chi connectivity index (χ0) is 16.5. The predicted octanol–water partition coefficient (Wildman–Crippen LogP) is 2.05. The van der Waals surface area contributed by atoms with Crippen LogP contribution in [-0.2, 0) is 14.3 Å². The van der Waals surface area contributed by atoms with Crippen LogP contribution in [0.25, 0.3) is 0 Å². The van der Waals surface area contributed by atoms with Crippen molar-refractivity contribution in [3.05, 3.63) is 0 Å². The van der Waals surface area contributed by atoms with Crippen LogP contribution in [-0.4, -0.2) is 61.9 Å². The van der Waals surface area contributed by atoms with E-state index >= 15 is 0 Å². The van der Waals surface area contributed by atoms with Gasteiger partial charge in [-0.15, -0.1) is 0 Å². The molecule has 0 radical (unpaired) electrons. The van der Waals surface area contributed by atoms with Crippen LogP contribution in [0.1, 0.15) is 48.0 Å². The maximum absolute atomic E-state index is 12.3. The number of carbonyl (C=O) groups excluding carboxylic acids is 1. The Labute approximate surface area is 130 Å². The van der Waals surface area contributed by atoms with Crippen molar-refractivity contribution in [2.24, 2.45) is 0 Å². The molecule has 0 aliphatic heterocycles. The van der Waals surface area contributed by atoms with Crippen molar-refractivity contribution in [3.63, 3.8) is 0 Å². The predicted molar refractivity (Wildman–Crippen MR) is 86.5 cm³/mol. The fourth-order valence-electron chi connectivity index (χ4n) is 2.45. The molecule has 0 saturated carbocycles. The van der Waals surface area contributed by atoms with E-state index in [2.05, 4.69) is 24.1 Å². The largest absolute Gasteiger partial charge is 0.465 e. The maximum atomic E-state index is 12.3. The van der Waals surface area contributed by atoms with Gasteiger partial charge < -0.3 is 19.7 Å². The van der Waals surface area contributed by atoms with E-state index in [1.807, 2.05) is 27.7 Å². The fourth-order valence-corrected chi connectivity index (χ4v) is 2.45. The van der Waals surface area contributed by atoms with Gasteiger partial charge in [-0.1, -0.05) is 13.8 Å². The summed E-state index contributed by atoms with van der Waals surface area (Å²) in [5.41, 5.74) is -1.12. The summed E-state index contributed by atoms with van der Waals surface area (Å²) in [4.78, 5) is 14.6. The van der Waals surface area contributed by atoms with Crippen molar-refractivity contribution in [1.82, 2.24) is 10.2 Å². The topological polar surface area (TPSA) is 50.8 Å². The second kappa shape index (κ2) is 9.38. The van der Waals surface area contributed by atoms with E-state index in [1.54, 1.807) is 7.11 Å². The summed E-state index contributed by atoms with van der Waals surface area (Å²) in [6.07, 6.45) is 0.563. The van der Waals surface area contributed by atoms with E-state index in [-0.39, 0.29) is 11.6 Å². The molecule has 1 N–H and O–H groups in total. The Bertz CT molecular complexity index is 304. The average Bonchev–Trinajstić information content (AvgIpc) is 2.43. The van der Waals surface area contributed by atoms with Gasteiger partial charge in [0.15, 0.2) is 0 Å². The van der Waals surface area contributed by atoms with Gasteiger partial charge in [0.25, 0.3) is 0 Å². The smallest absolute Gasteiger partial charge is 0.326 e. The quantitative estimate of drug-likeness (QED) is 0.592. The van der Waals surface area contributed by atoms with Gasteiger partial charge in [0.2, 0.25) is 0 Å². The first kappa shape index (κ1) is 20.3. The number of hydrogen-bond donors (Lipinski definition) is 1. The number of nitrogens with one attached hydrogen (secondary N) is 1. The summed E-state index contributed by atoms with van der Waals surface area (Å²) >= 11 is 0. The van der Waals surface area contributed by atoms with Gasteiger partial charge >= 0.3 is 5.97 Å². The second-order valence-electron chi connectivity index (χ2n) is 6.15. The highest BCUT2D eigenvalue weighted by Crippen LogP contribution is 2.24. The molecule has 0 fully saturated rings. The van der Waals surface area contributed by atoms with Gasteiger partial charge in [0.1, 0.15) is 5.54 Å². The molecule has 0 rings (SSSR count). The first-order chi connectivity index (χ1) is 9.74. The number of rotatable bonds is 11. The van der Waals surface area contributed by atoms with E-state index in [0.29, 0.717) is 13.0 Å². The molecule has 5 heteroatoms. The fraction of sp³-hybridized carbons (Fsp3) is 0.938. The number of ether oxygens (including phenoxy) is 2. The molecule has 0 saturated heterocycles. The molecule has 0 aromatic carbocycles. The van der Waals surface area contributed by atoms with Crippen molar-refractivity contribution in [3.8, 4) is 0 Å². The standard InChI is InChI=1S/C16H34N2O3/c1-8-18(9-2)12-11-17-16(6,14(19)21-10-3)13-15(4,5)20-7/h17H,8-13H2,1-7H3. The van der Waals surface area contributed by atoms with Crippen molar-refractivity contribution < 1.29 is 14.3 Å². The lowest BCUT2D eigenvalue weighted by molar-refractivity contribution is -0.153. The Morgan fingerprint density at radius 2 is 1.71 bits per heavy atom. The molecule has 0 spiro atoms. The van der Waals surface area contributed by atoms with E-state index < -0.39 is 5.54 Å². The van der Waals surface area contributed by atoms with E-state index in [1.165, 1.54) is 0 Å². The van der Waals surface area contributed by atoms with Crippen LogP contribution in [0.15, 0.2) is 0 Å². The third-order valence-electron chi connectivity index (χ3n) is 3.90. The van der Waals surface area contributed by atoms with E-state index in [9.17, 15) is 4.79 Å². The molecule has 126 valence electrons. The van der Waals surface area contributed by atoms with Crippen LogP contribution in [0.5, 0.6) is 0 Å². The molecule has 5 nitrogen and oxygen atoms in total. The molecular formula is C16H34N2O3. The third kappa shape index (κ3) is 7.25. The minimum absolute atomic E-state index is 0.213. The van der Waals surface area contributed by atoms with E-state index in [0.717, 1.165) is 26.2 Å². The average molecular weight is 302 g/mol. The summed E-state index contributed by atoms with van der Waals surface area (Å²) in [6, 6.07) is 0. The van der Waals surface area contributed by atoms with Crippen LogP contribution >= 0.6 is 0 Å². The zero-order valence-electron chi connectivity index (χ0n) is 14.9. The number of esters is 1. The number of carbonyl (C=O) groups is 1. The minimum Gasteiger partial charge on any atom is -0.465 e. The summed E-state index contributed by atoms with van der Waals surface area (Å²) in [5.74, 6) is -0.213. The van der Waals surface area contributed by atoms with Crippen LogP contribution in [0.4, 0.5) is 0 Å². The lowest BCUT2D eigenvalue weighted by Gasteiger charge is -2.36. The van der Waals surface area contributed by atoms with Crippen molar-refractivity contribution >= 4 is 5.97 Å². The molecule has 1 atom stereocenters. The molecule has 0 amide bonds. The second-order valence-corrected chi connectivity index (χ2v) is 6.15. The molecule has 21 heavy (non-hydrogen) atoms. The number of methoxy groups -OCH3 is 1. The summed E-state index contributed by atoms with van der Waals surface area (Å²) in [6.45, 7) is 16.0. The Kier molecular flexibility index (Phi) is 9.09. The van der Waals surface area contributed by atoms with Gasteiger partial charge in [0, 0.05) is 26.6 Å². The van der Waals surface area contributed by atoms with Gasteiger partial charge in [-0.05, 0) is 40.8 Å². The van der Waals surface area contributed by atoms with E-state index in [4.69, 9.17) is 9.47 Å². The van der Waals surface area contributed by atoms with Gasteiger partial charge in [-0.3, -0.25) is 4.79 Å². The maximum Gasteiger partial charge on any atom is 0.326 e. The van der Waals surface area contributed by atoms with Crippen LogP contribution in [0, 0.1) is 0 Å². The highest BCUT2D eigenvalue weighted by Gasteiger charge is 2.39. The molecular weight excluding hydrogens is 268 g/mol. The summed E-state index contributed by atoms with van der Waals surface area (Å²) in [7, 11) is 1.67. The normalized spacial score (nSPS) is 15.0. The summed E-state index contributed by atoms with van der Waals surface area (Å²) in [5, 5.41) is 3.37. The molecule has 0 aromatic heterocycles. The van der Waals surface area contributed by atoms with Gasteiger partial charge in [-0.2, -0.15) is 0 Å². The van der Waals surface area contributed by atoms with Gasteiger partial charge in [-0.25, -0.2) is 0 Å². The number of likely N-dealkylation sites (N-methyl/N-ethyl adjacent to an activating group) is 1. The number of nitrogens with zero attached hydrogens (tertiary/aromatic N) is 1. The molecule has 0 aliphatic carbocycles. The van der Waals surface area contributed by atoms with Crippen molar-refractivity contribution in [1.29, 1.82) is 0 Å². The van der Waals surface area contributed by atoms with Crippen LogP contribution < -0.4 is 5.32 Å². The Morgan fingerprint density at radius 3 is 2.14 bits per heavy atom. The SMILES string of the molecule is CCOC(=O)C(C)(CC(C)(C)OC)NCCN(CC)CC. The molecule has 0 bridgehead atoms. The monoisotopic (exact) mass is 302 g/mol. The molecule has 0 heterocycles. The summed E-state index contributed by atoms with van der Waals surface area (Å²) < 4.78 is 10.7. The van der Waals surface area contributed by atoms with Crippen molar-refractivity contribution in [2.45, 2.75) is 59.1 Å². The Morgan fingerprint density at radius 1 is 1.14 bits per heavy atom. The molecule has 1 unspecified atom stereocenters. The zero-order valence-corrected chi connectivity index (χ0v) is 14.9. The van der Waals surface area contributed by atoms with Crippen molar-refractivity contribution in [2.75, 3.05) is 39.9 Å². The minimum atomic E-state index is -0.733. The molecule has 0 aliphatic rings.